The van der Waals surface area contributed by atoms with Gasteiger partial charge in [0.25, 0.3) is 0 Å². The van der Waals surface area contributed by atoms with Crippen molar-refractivity contribution in [2.45, 2.75) is 39.2 Å². The van der Waals surface area contributed by atoms with Gasteiger partial charge in [0.1, 0.15) is 0 Å². The Morgan fingerprint density at radius 2 is 2.31 bits per heavy atom. The third-order valence-corrected chi connectivity index (χ3v) is 3.13. The lowest BCUT2D eigenvalue weighted by atomic mass is 10.0. The maximum atomic E-state index is 11.8. The van der Waals surface area contributed by atoms with Gasteiger partial charge in [0.15, 0.2) is 0 Å². The molecule has 4 nitrogen and oxygen atoms in total. The van der Waals surface area contributed by atoms with Gasteiger partial charge in [0, 0.05) is 25.7 Å². The lowest BCUT2D eigenvalue weighted by molar-refractivity contribution is -0.131. The molecule has 1 aliphatic heterocycles. The Kier molecular flexibility index (Phi) is 5.77. The van der Waals surface area contributed by atoms with Crippen LogP contribution in [0, 0.1) is 5.92 Å². The van der Waals surface area contributed by atoms with Crippen molar-refractivity contribution in [1.82, 2.24) is 4.90 Å². The highest BCUT2D eigenvalue weighted by Gasteiger charge is 2.27. The minimum Gasteiger partial charge on any atom is -0.381 e. The Labute approximate surface area is 98.1 Å². The topological polar surface area (TPSA) is 55.6 Å². The summed E-state index contributed by atoms with van der Waals surface area (Å²) in [6, 6.07) is 0.189. The third-order valence-electron chi connectivity index (χ3n) is 3.13. The molecule has 16 heavy (non-hydrogen) atoms. The second-order valence-corrected chi connectivity index (χ2v) is 4.61. The van der Waals surface area contributed by atoms with Gasteiger partial charge in [-0.1, -0.05) is 6.92 Å². The van der Waals surface area contributed by atoms with E-state index in [0.717, 1.165) is 32.5 Å². The Morgan fingerprint density at radius 3 is 2.88 bits per heavy atom. The van der Waals surface area contributed by atoms with Crippen molar-refractivity contribution in [2.24, 2.45) is 11.7 Å². The largest absolute Gasteiger partial charge is 0.381 e. The van der Waals surface area contributed by atoms with E-state index in [9.17, 15) is 4.79 Å². The molecule has 4 heteroatoms. The molecule has 0 radical (unpaired) electrons. The number of rotatable bonds is 6. The molecule has 1 fully saturated rings. The highest BCUT2D eigenvalue weighted by molar-refractivity contribution is 5.76. The molecule has 0 bridgehead atoms. The van der Waals surface area contributed by atoms with E-state index in [-0.39, 0.29) is 11.9 Å². The average Bonchev–Trinajstić information content (AvgIpc) is 2.73. The molecule has 1 saturated heterocycles. The molecule has 0 aliphatic carbocycles. The smallest absolute Gasteiger partial charge is 0.224 e. The summed E-state index contributed by atoms with van der Waals surface area (Å²) in [7, 11) is 0. The first-order valence-corrected chi connectivity index (χ1v) is 6.26. The Bertz CT molecular complexity index is 219. The highest BCUT2D eigenvalue weighted by atomic mass is 16.5. The van der Waals surface area contributed by atoms with Crippen LogP contribution in [0.5, 0.6) is 0 Å². The molecule has 1 rings (SSSR count). The van der Waals surface area contributed by atoms with Crippen LogP contribution in [0.1, 0.15) is 33.1 Å². The van der Waals surface area contributed by atoms with E-state index in [1.807, 2.05) is 11.8 Å². The number of carbonyl (C=O) groups excluding carboxylic acids is 1. The van der Waals surface area contributed by atoms with E-state index in [4.69, 9.17) is 10.5 Å². The maximum Gasteiger partial charge on any atom is 0.224 e. The average molecular weight is 228 g/mol. The van der Waals surface area contributed by atoms with Gasteiger partial charge >= 0.3 is 0 Å². The second kappa shape index (κ2) is 6.86. The molecule has 1 aliphatic rings. The molecule has 2 atom stereocenters. The SMILES string of the molecule is CCCOCCC(=O)N1CCC(C(C)N)C1. The lowest BCUT2D eigenvalue weighted by Gasteiger charge is -2.18. The Hall–Kier alpha value is -0.610. The van der Waals surface area contributed by atoms with Crippen molar-refractivity contribution in [3.05, 3.63) is 0 Å². The third kappa shape index (κ3) is 4.10. The molecule has 0 aromatic heterocycles. The lowest BCUT2D eigenvalue weighted by Crippen LogP contribution is -2.33. The summed E-state index contributed by atoms with van der Waals surface area (Å²) in [5.41, 5.74) is 5.84. The van der Waals surface area contributed by atoms with Crippen LogP contribution in [0.25, 0.3) is 0 Å². The fraction of sp³-hybridized carbons (Fsp3) is 0.917. The van der Waals surface area contributed by atoms with E-state index >= 15 is 0 Å². The van der Waals surface area contributed by atoms with E-state index in [1.54, 1.807) is 0 Å². The number of likely N-dealkylation sites (tertiary alicyclic amines) is 1. The van der Waals surface area contributed by atoms with Gasteiger partial charge in [0.05, 0.1) is 13.0 Å². The van der Waals surface area contributed by atoms with Crippen LogP contribution in [0.2, 0.25) is 0 Å². The van der Waals surface area contributed by atoms with Crippen molar-refractivity contribution in [2.75, 3.05) is 26.3 Å². The van der Waals surface area contributed by atoms with Crippen LogP contribution in [0.4, 0.5) is 0 Å². The molecular formula is C12H24N2O2. The predicted molar refractivity (Wildman–Crippen MR) is 64.1 cm³/mol. The Balaban J connectivity index is 2.18. The molecule has 1 heterocycles. The summed E-state index contributed by atoms with van der Waals surface area (Å²) in [5, 5.41) is 0. The van der Waals surface area contributed by atoms with E-state index < -0.39 is 0 Å². The zero-order chi connectivity index (χ0) is 12.0. The van der Waals surface area contributed by atoms with E-state index in [2.05, 4.69) is 6.92 Å². The summed E-state index contributed by atoms with van der Waals surface area (Å²) >= 11 is 0. The maximum absolute atomic E-state index is 11.8. The summed E-state index contributed by atoms with van der Waals surface area (Å²) in [6.07, 6.45) is 2.55. The molecule has 0 spiro atoms. The number of amides is 1. The molecule has 0 aromatic carbocycles. The van der Waals surface area contributed by atoms with Crippen molar-refractivity contribution in [3.8, 4) is 0 Å². The zero-order valence-corrected chi connectivity index (χ0v) is 10.4. The van der Waals surface area contributed by atoms with Crippen LogP contribution >= 0.6 is 0 Å². The fourth-order valence-corrected chi connectivity index (χ4v) is 2.01. The second-order valence-electron chi connectivity index (χ2n) is 4.61. The first-order valence-electron chi connectivity index (χ1n) is 6.26. The Morgan fingerprint density at radius 1 is 1.56 bits per heavy atom. The standard InChI is InChI=1S/C12H24N2O2/c1-3-7-16-8-5-12(15)14-6-4-11(9-14)10(2)13/h10-11H,3-9,13H2,1-2H3. The normalized spacial score (nSPS) is 22.4. The summed E-state index contributed by atoms with van der Waals surface area (Å²) in [5.74, 6) is 0.680. The number of hydrogen-bond donors (Lipinski definition) is 1. The molecule has 2 N–H and O–H groups in total. The molecule has 94 valence electrons. The summed E-state index contributed by atoms with van der Waals surface area (Å²) in [4.78, 5) is 13.7. The van der Waals surface area contributed by atoms with Gasteiger partial charge < -0.3 is 15.4 Å². The van der Waals surface area contributed by atoms with Crippen LogP contribution in [0.15, 0.2) is 0 Å². The number of nitrogens with zero attached hydrogens (tertiary/aromatic N) is 1. The first-order chi connectivity index (χ1) is 7.65. The van der Waals surface area contributed by atoms with Crippen molar-refractivity contribution >= 4 is 5.91 Å². The minimum absolute atomic E-state index is 0.189. The van der Waals surface area contributed by atoms with Gasteiger partial charge in [-0.3, -0.25) is 4.79 Å². The minimum atomic E-state index is 0.189. The van der Waals surface area contributed by atoms with Gasteiger partial charge in [-0.25, -0.2) is 0 Å². The van der Waals surface area contributed by atoms with Gasteiger partial charge in [-0.05, 0) is 25.7 Å². The zero-order valence-electron chi connectivity index (χ0n) is 10.4. The van der Waals surface area contributed by atoms with Crippen molar-refractivity contribution in [1.29, 1.82) is 0 Å². The number of hydrogen-bond acceptors (Lipinski definition) is 3. The molecule has 0 aromatic rings. The van der Waals surface area contributed by atoms with Gasteiger partial charge in [-0.15, -0.1) is 0 Å². The molecule has 1 amide bonds. The van der Waals surface area contributed by atoms with Crippen LogP contribution < -0.4 is 5.73 Å². The number of ether oxygens (including phenoxy) is 1. The molecular weight excluding hydrogens is 204 g/mol. The van der Waals surface area contributed by atoms with Crippen molar-refractivity contribution < 1.29 is 9.53 Å². The molecule has 2 unspecified atom stereocenters. The van der Waals surface area contributed by atoms with Gasteiger partial charge in [-0.2, -0.15) is 0 Å². The van der Waals surface area contributed by atoms with Crippen molar-refractivity contribution in [3.63, 3.8) is 0 Å². The fourth-order valence-electron chi connectivity index (χ4n) is 2.01. The highest BCUT2D eigenvalue weighted by Crippen LogP contribution is 2.19. The number of carbonyl (C=O) groups is 1. The van der Waals surface area contributed by atoms with E-state index in [1.165, 1.54) is 0 Å². The predicted octanol–water partition coefficient (Wildman–Crippen LogP) is 0.999. The van der Waals surface area contributed by atoms with Crippen LogP contribution in [-0.4, -0.2) is 43.2 Å². The number of nitrogens with two attached hydrogens (primary N) is 1. The molecule has 0 saturated carbocycles. The van der Waals surface area contributed by atoms with E-state index in [0.29, 0.717) is 18.9 Å². The monoisotopic (exact) mass is 228 g/mol. The summed E-state index contributed by atoms with van der Waals surface area (Å²) in [6.45, 7) is 7.06. The van der Waals surface area contributed by atoms with Crippen LogP contribution in [0.3, 0.4) is 0 Å². The summed E-state index contributed by atoms with van der Waals surface area (Å²) < 4.78 is 5.32. The van der Waals surface area contributed by atoms with Gasteiger partial charge in [0.2, 0.25) is 5.91 Å². The first kappa shape index (κ1) is 13.5. The quantitative estimate of drug-likeness (QED) is 0.690. The van der Waals surface area contributed by atoms with Crippen LogP contribution in [-0.2, 0) is 9.53 Å².